The number of aromatic nitrogens is 3. The maximum Gasteiger partial charge on any atom is 0.408 e. The van der Waals surface area contributed by atoms with Crippen molar-refractivity contribution < 1.29 is 17.9 Å². The number of rotatable bonds is 3. The van der Waals surface area contributed by atoms with Crippen LogP contribution < -0.4 is 15.4 Å². The number of pyridine rings is 1. The van der Waals surface area contributed by atoms with E-state index in [0.717, 1.165) is 4.90 Å². The molecule has 2 atom stereocenters. The van der Waals surface area contributed by atoms with Gasteiger partial charge in [0.2, 0.25) is 5.95 Å². The molecular weight excluding hydrogens is 423 g/mol. The number of fused-ring (bicyclic) bond motifs is 1. The predicted molar refractivity (Wildman–Crippen MR) is 106 cm³/mol. The van der Waals surface area contributed by atoms with E-state index >= 15 is 0 Å². The number of hydrogen-bond acceptors (Lipinski definition) is 6. The van der Waals surface area contributed by atoms with E-state index in [9.17, 15) is 18.0 Å². The van der Waals surface area contributed by atoms with Crippen LogP contribution in [0.15, 0.2) is 29.2 Å². The van der Waals surface area contributed by atoms with Gasteiger partial charge in [0.05, 0.1) is 31.5 Å². The van der Waals surface area contributed by atoms with E-state index in [4.69, 9.17) is 16.3 Å². The van der Waals surface area contributed by atoms with Gasteiger partial charge in [0, 0.05) is 30.4 Å². The van der Waals surface area contributed by atoms with Crippen LogP contribution in [0.2, 0.25) is 5.02 Å². The second-order valence-corrected chi connectivity index (χ2v) is 7.90. The first-order chi connectivity index (χ1) is 14.2. The van der Waals surface area contributed by atoms with Gasteiger partial charge in [-0.1, -0.05) is 11.6 Å². The van der Waals surface area contributed by atoms with E-state index in [1.165, 1.54) is 22.9 Å². The van der Waals surface area contributed by atoms with E-state index in [1.807, 2.05) is 11.8 Å². The molecule has 2 aromatic rings. The summed E-state index contributed by atoms with van der Waals surface area (Å²) in [5, 5.41) is 0.377. The summed E-state index contributed by atoms with van der Waals surface area (Å²) < 4.78 is 48.3. The Hall–Kier alpha value is -2.33. The normalized spacial score (nSPS) is 22.2. The Kier molecular flexibility index (Phi) is 5.63. The Balaban J connectivity index is 1.79. The quantitative estimate of drug-likeness (QED) is 0.727. The molecule has 0 N–H and O–H groups in total. The average molecular weight is 444 g/mol. The number of morpholine rings is 1. The highest BCUT2D eigenvalue weighted by molar-refractivity contribution is 6.30. The summed E-state index contributed by atoms with van der Waals surface area (Å²) in [5.74, 6) is 0.348. The first-order valence-corrected chi connectivity index (χ1v) is 10.0. The number of alkyl halides is 3. The summed E-state index contributed by atoms with van der Waals surface area (Å²) in [7, 11) is 0. The summed E-state index contributed by atoms with van der Waals surface area (Å²) in [6, 6.07) is 2.63. The van der Waals surface area contributed by atoms with Crippen LogP contribution in [0, 0.1) is 0 Å². The zero-order valence-corrected chi connectivity index (χ0v) is 17.0. The zero-order valence-electron chi connectivity index (χ0n) is 16.3. The second kappa shape index (κ2) is 8.07. The number of ether oxygens (including phenoxy) is 1. The third-order valence-electron chi connectivity index (χ3n) is 5.38. The Morgan fingerprint density at radius 3 is 2.80 bits per heavy atom. The van der Waals surface area contributed by atoms with Gasteiger partial charge in [0.25, 0.3) is 5.56 Å². The predicted octanol–water partition coefficient (Wildman–Crippen LogP) is 2.86. The van der Waals surface area contributed by atoms with Gasteiger partial charge in [-0.25, -0.2) is 0 Å². The smallest absolute Gasteiger partial charge is 0.377 e. The Morgan fingerprint density at radius 1 is 1.30 bits per heavy atom. The van der Waals surface area contributed by atoms with Crippen molar-refractivity contribution in [3.63, 3.8) is 0 Å². The van der Waals surface area contributed by atoms with E-state index in [1.54, 1.807) is 6.07 Å². The lowest BCUT2D eigenvalue weighted by atomic mass is 10.1. The molecule has 1 saturated heterocycles. The molecule has 4 rings (SSSR count). The van der Waals surface area contributed by atoms with Gasteiger partial charge in [-0.2, -0.15) is 18.2 Å². The van der Waals surface area contributed by atoms with E-state index in [0.29, 0.717) is 36.3 Å². The summed E-state index contributed by atoms with van der Waals surface area (Å²) in [4.78, 5) is 24.4. The Morgan fingerprint density at radius 2 is 2.10 bits per heavy atom. The maximum absolute atomic E-state index is 13.9. The van der Waals surface area contributed by atoms with Crippen molar-refractivity contribution in [3.05, 3.63) is 45.5 Å². The fourth-order valence-corrected chi connectivity index (χ4v) is 4.09. The standard InChI is InChI=1S/C19H21ClF3N5O2/c1-12-11-30-7-6-26(12)16-9-17(29)27-5-3-15(19(21,22)23)28(18(27)25-16)10-14-8-13(20)2-4-24-14/h2,4,8-9,12,15H,3,5-7,10-11H2,1H3. The molecule has 0 aromatic carbocycles. The van der Waals surface area contributed by atoms with Crippen molar-refractivity contribution in [1.29, 1.82) is 0 Å². The molecule has 0 amide bonds. The fraction of sp³-hybridized carbons (Fsp3) is 0.526. The lowest BCUT2D eigenvalue weighted by Crippen LogP contribution is -2.52. The number of halogens is 4. The molecule has 2 aliphatic rings. The van der Waals surface area contributed by atoms with Gasteiger partial charge in [0.15, 0.2) is 0 Å². The molecule has 7 nitrogen and oxygen atoms in total. The topological polar surface area (TPSA) is 63.5 Å². The van der Waals surface area contributed by atoms with Crippen LogP contribution in [0.4, 0.5) is 24.9 Å². The van der Waals surface area contributed by atoms with Gasteiger partial charge in [-0.05, 0) is 25.5 Å². The Labute approximate surface area is 176 Å². The van der Waals surface area contributed by atoms with Crippen molar-refractivity contribution in [1.82, 2.24) is 14.5 Å². The molecule has 30 heavy (non-hydrogen) atoms. The molecule has 2 aromatic heterocycles. The molecule has 11 heteroatoms. The third kappa shape index (κ3) is 4.11. The monoisotopic (exact) mass is 443 g/mol. The van der Waals surface area contributed by atoms with Crippen LogP contribution >= 0.6 is 11.6 Å². The minimum atomic E-state index is -4.48. The van der Waals surface area contributed by atoms with E-state index in [-0.39, 0.29) is 37.1 Å². The van der Waals surface area contributed by atoms with Gasteiger partial charge < -0.3 is 14.5 Å². The van der Waals surface area contributed by atoms with Gasteiger partial charge in [0.1, 0.15) is 11.9 Å². The summed E-state index contributed by atoms with van der Waals surface area (Å²) in [5.41, 5.74) is -0.0111. The molecule has 0 bridgehead atoms. The lowest BCUT2D eigenvalue weighted by molar-refractivity contribution is -0.153. The largest absolute Gasteiger partial charge is 0.408 e. The van der Waals surface area contributed by atoms with Crippen molar-refractivity contribution >= 4 is 23.4 Å². The Bertz CT molecular complexity index is 983. The van der Waals surface area contributed by atoms with Crippen LogP contribution in [-0.4, -0.2) is 52.6 Å². The molecule has 4 heterocycles. The molecular formula is C19H21ClF3N5O2. The zero-order chi connectivity index (χ0) is 21.5. The molecule has 0 aliphatic carbocycles. The SMILES string of the molecule is CC1COCCN1c1cc(=O)n2c(n1)N(Cc1cc(Cl)ccn1)C(C(F)(F)F)CC2. The molecule has 0 saturated carbocycles. The van der Waals surface area contributed by atoms with Crippen molar-refractivity contribution in [2.45, 2.75) is 44.7 Å². The first kappa shape index (κ1) is 20.9. The third-order valence-corrected chi connectivity index (χ3v) is 5.62. The van der Waals surface area contributed by atoms with E-state index < -0.39 is 12.2 Å². The average Bonchev–Trinajstić information content (AvgIpc) is 2.68. The summed E-state index contributed by atoms with van der Waals surface area (Å²) >= 11 is 5.99. The second-order valence-electron chi connectivity index (χ2n) is 7.46. The van der Waals surface area contributed by atoms with E-state index in [2.05, 4.69) is 9.97 Å². The highest BCUT2D eigenvalue weighted by Gasteiger charge is 2.47. The summed E-state index contributed by atoms with van der Waals surface area (Å²) in [6.45, 7) is 3.13. The van der Waals surface area contributed by atoms with Crippen molar-refractivity contribution in [2.75, 3.05) is 29.6 Å². The summed E-state index contributed by atoms with van der Waals surface area (Å²) in [6.07, 6.45) is -3.29. The van der Waals surface area contributed by atoms with Gasteiger partial charge in [-0.3, -0.25) is 14.3 Å². The minimum absolute atomic E-state index is 0.00783. The van der Waals surface area contributed by atoms with Crippen LogP contribution in [0.3, 0.4) is 0 Å². The molecule has 0 spiro atoms. The maximum atomic E-state index is 13.9. The van der Waals surface area contributed by atoms with Crippen LogP contribution in [0.5, 0.6) is 0 Å². The number of nitrogens with zero attached hydrogens (tertiary/aromatic N) is 5. The van der Waals surface area contributed by atoms with Gasteiger partial charge >= 0.3 is 6.18 Å². The lowest BCUT2D eigenvalue weighted by Gasteiger charge is -2.40. The van der Waals surface area contributed by atoms with Crippen LogP contribution in [-0.2, 0) is 17.8 Å². The highest BCUT2D eigenvalue weighted by Crippen LogP contribution is 2.35. The van der Waals surface area contributed by atoms with Crippen LogP contribution in [0.1, 0.15) is 19.0 Å². The first-order valence-electron chi connectivity index (χ1n) is 9.64. The molecule has 0 radical (unpaired) electrons. The molecule has 2 unspecified atom stereocenters. The van der Waals surface area contributed by atoms with Crippen LogP contribution in [0.25, 0.3) is 0 Å². The minimum Gasteiger partial charge on any atom is -0.377 e. The molecule has 162 valence electrons. The van der Waals surface area contributed by atoms with Crippen molar-refractivity contribution in [3.8, 4) is 0 Å². The number of anilines is 2. The highest BCUT2D eigenvalue weighted by atomic mass is 35.5. The van der Waals surface area contributed by atoms with Gasteiger partial charge in [-0.15, -0.1) is 0 Å². The number of hydrogen-bond donors (Lipinski definition) is 0. The molecule has 2 aliphatic heterocycles. The fourth-order valence-electron chi connectivity index (χ4n) is 3.90. The van der Waals surface area contributed by atoms with Crippen molar-refractivity contribution in [2.24, 2.45) is 0 Å². The molecule has 1 fully saturated rings.